The quantitative estimate of drug-likeness (QED) is 0.533. The summed E-state index contributed by atoms with van der Waals surface area (Å²) in [6.07, 6.45) is 4.29. The Morgan fingerprint density at radius 2 is 1.77 bits per heavy atom. The maximum Gasteiger partial charge on any atom is 0.336 e. The maximum absolute atomic E-state index is 12.9. The van der Waals surface area contributed by atoms with E-state index >= 15 is 0 Å². The SMILES string of the molecule is O=C(O)c1c(CN2CCN(C(=O)C(O)C3CCCCC3)CC2)c(-c2cccs2)nc2ccccc12. The van der Waals surface area contributed by atoms with Crippen molar-refractivity contribution in [2.24, 2.45) is 5.92 Å². The summed E-state index contributed by atoms with van der Waals surface area (Å²) >= 11 is 1.55. The molecule has 1 aromatic carbocycles. The topological polar surface area (TPSA) is 94.0 Å². The van der Waals surface area contributed by atoms with Crippen LogP contribution in [-0.2, 0) is 11.3 Å². The lowest BCUT2D eigenvalue weighted by Gasteiger charge is -2.37. The molecule has 1 saturated carbocycles. The largest absolute Gasteiger partial charge is 0.478 e. The number of thiophene rings is 1. The number of rotatable bonds is 6. The van der Waals surface area contributed by atoms with Crippen LogP contribution in [0.1, 0.15) is 48.0 Å². The molecule has 1 aliphatic heterocycles. The molecule has 3 heterocycles. The Bertz CT molecular complexity index is 1200. The van der Waals surface area contributed by atoms with E-state index in [0.717, 1.165) is 30.6 Å². The van der Waals surface area contributed by atoms with Gasteiger partial charge in [-0.25, -0.2) is 9.78 Å². The highest BCUT2D eigenvalue weighted by molar-refractivity contribution is 7.13. The number of para-hydroxylation sites is 1. The van der Waals surface area contributed by atoms with Crippen molar-refractivity contribution >= 4 is 34.1 Å². The van der Waals surface area contributed by atoms with Crippen molar-refractivity contribution in [3.05, 3.63) is 52.9 Å². The average molecular weight is 494 g/mol. The lowest BCUT2D eigenvalue weighted by molar-refractivity contribution is -0.145. The molecule has 0 bridgehead atoms. The van der Waals surface area contributed by atoms with E-state index in [2.05, 4.69) is 4.90 Å². The third-order valence-corrected chi connectivity index (χ3v) is 8.25. The van der Waals surface area contributed by atoms with Gasteiger partial charge in [-0.1, -0.05) is 43.5 Å². The van der Waals surface area contributed by atoms with Crippen molar-refractivity contribution in [3.8, 4) is 10.6 Å². The highest BCUT2D eigenvalue weighted by atomic mass is 32.1. The van der Waals surface area contributed by atoms with Gasteiger partial charge in [0.15, 0.2) is 0 Å². The standard InChI is InChI=1S/C27H31N3O4S/c31-25(18-7-2-1-3-8-18)26(32)30-14-12-29(13-15-30)17-20-23(27(33)34)19-9-4-5-10-21(19)28-24(20)22-11-6-16-35-22/h4-6,9-11,16,18,25,31H,1-3,7-8,12-15,17H2,(H,33,34). The summed E-state index contributed by atoms with van der Waals surface area (Å²) in [6, 6.07) is 11.3. The Hall–Kier alpha value is -2.81. The number of pyridine rings is 1. The molecule has 2 aromatic heterocycles. The van der Waals surface area contributed by atoms with Gasteiger partial charge >= 0.3 is 5.97 Å². The van der Waals surface area contributed by atoms with Gasteiger partial charge < -0.3 is 15.1 Å². The van der Waals surface area contributed by atoms with Gasteiger partial charge in [0.2, 0.25) is 0 Å². The summed E-state index contributed by atoms with van der Waals surface area (Å²) in [4.78, 5) is 35.1. The van der Waals surface area contributed by atoms with Gasteiger partial charge in [0.25, 0.3) is 5.91 Å². The molecule has 184 valence electrons. The second-order valence-electron chi connectivity index (χ2n) is 9.56. The van der Waals surface area contributed by atoms with Crippen LogP contribution in [0.25, 0.3) is 21.5 Å². The van der Waals surface area contributed by atoms with Crippen molar-refractivity contribution in [1.82, 2.24) is 14.8 Å². The maximum atomic E-state index is 12.9. The Balaban J connectivity index is 1.36. The molecule has 2 N–H and O–H groups in total. The number of aliphatic hydroxyl groups is 1. The van der Waals surface area contributed by atoms with Crippen molar-refractivity contribution < 1.29 is 19.8 Å². The molecule has 8 heteroatoms. The minimum atomic E-state index is -0.958. The highest BCUT2D eigenvalue weighted by Crippen LogP contribution is 2.34. The normalized spacial score (nSPS) is 18.6. The number of piperazine rings is 1. The molecule has 5 rings (SSSR count). The number of carboxylic acids is 1. The number of aliphatic hydroxyl groups excluding tert-OH is 1. The summed E-state index contributed by atoms with van der Waals surface area (Å²) in [6.45, 7) is 2.75. The zero-order valence-corrected chi connectivity index (χ0v) is 20.5. The van der Waals surface area contributed by atoms with Gasteiger partial charge in [0.1, 0.15) is 6.10 Å². The van der Waals surface area contributed by atoms with E-state index in [1.54, 1.807) is 16.2 Å². The molecule has 0 spiro atoms. The average Bonchev–Trinajstić information content (AvgIpc) is 3.43. The number of aromatic carboxylic acids is 1. The third kappa shape index (κ3) is 4.96. The number of carbonyl (C=O) groups is 2. The first kappa shape index (κ1) is 23.9. The number of fused-ring (bicyclic) bond motifs is 1. The molecule has 3 aromatic rings. The molecule has 7 nitrogen and oxygen atoms in total. The van der Waals surface area contributed by atoms with Crippen LogP contribution in [0.3, 0.4) is 0 Å². The van der Waals surface area contributed by atoms with Crippen LogP contribution in [0.15, 0.2) is 41.8 Å². The first-order valence-electron chi connectivity index (χ1n) is 12.4. The molecule has 35 heavy (non-hydrogen) atoms. The van der Waals surface area contributed by atoms with E-state index in [9.17, 15) is 19.8 Å². The molecule has 1 aliphatic carbocycles. The fourth-order valence-corrected chi connectivity index (χ4v) is 6.20. The lowest BCUT2D eigenvalue weighted by Crippen LogP contribution is -2.52. The number of nitrogens with zero attached hydrogens (tertiary/aromatic N) is 3. The first-order chi connectivity index (χ1) is 17.0. The van der Waals surface area contributed by atoms with Gasteiger partial charge in [-0.15, -0.1) is 11.3 Å². The number of hydrogen-bond donors (Lipinski definition) is 2. The molecule has 1 unspecified atom stereocenters. The number of benzene rings is 1. The van der Waals surface area contributed by atoms with Crippen molar-refractivity contribution in [3.63, 3.8) is 0 Å². The second-order valence-corrected chi connectivity index (χ2v) is 10.5. The predicted octanol–water partition coefficient (Wildman–Crippen LogP) is 4.25. The van der Waals surface area contributed by atoms with E-state index in [4.69, 9.17) is 4.98 Å². The second kappa shape index (κ2) is 10.4. The smallest absolute Gasteiger partial charge is 0.336 e. The minimum Gasteiger partial charge on any atom is -0.478 e. The van der Waals surface area contributed by atoms with Crippen LogP contribution >= 0.6 is 11.3 Å². The number of hydrogen-bond acceptors (Lipinski definition) is 6. The fourth-order valence-electron chi connectivity index (χ4n) is 5.46. The van der Waals surface area contributed by atoms with Crippen LogP contribution in [0.4, 0.5) is 0 Å². The van der Waals surface area contributed by atoms with Crippen molar-refractivity contribution in [1.29, 1.82) is 0 Å². The van der Waals surface area contributed by atoms with Crippen LogP contribution in [0, 0.1) is 5.92 Å². The van der Waals surface area contributed by atoms with Gasteiger partial charge in [-0.2, -0.15) is 0 Å². The summed E-state index contributed by atoms with van der Waals surface area (Å²) in [5.74, 6) is -1.04. The predicted molar refractivity (Wildman–Crippen MR) is 136 cm³/mol. The number of amides is 1. The zero-order chi connectivity index (χ0) is 24.4. The summed E-state index contributed by atoms with van der Waals surface area (Å²) in [5.41, 5.74) is 2.39. The van der Waals surface area contributed by atoms with E-state index < -0.39 is 12.1 Å². The molecular weight excluding hydrogens is 462 g/mol. The van der Waals surface area contributed by atoms with Gasteiger partial charge in [0, 0.05) is 43.7 Å². The highest BCUT2D eigenvalue weighted by Gasteiger charge is 2.33. The van der Waals surface area contributed by atoms with E-state index in [-0.39, 0.29) is 11.8 Å². The number of carboxylic acid groups (broad SMARTS) is 1. The Labute approximate surface area is 209 Å². The lowest BCUT2D eigenvalue weighted by atomic mass is 9.85. The van der Waals surface area contributed by atoms with E-state index in [1.807, 2.05) is 41.8 Å². The Kier molecular flexibility index (Phi) is 7.13. The molecular formula is C27H31N3O4S. The van der Waals surface area contributed by atoms with Crippen LogP contribution in [-0.4, -0.2) is 69.2 Å². The summed E-state index contributed by atoms with van der Waals surface area (Å²) in [5, 5.41) is 23.5. The van der Waals surface area contributed by atoms with Gasteiger partial charge in [-0.3, -0.25) is 9.69 Å². The zero-order valence-electron chi connectivity index (χ0n) is 19.7. The van der Waals surface area contributed by atoms with Crippen LogP contribution < -0.4 is 0 Å². The van der Waals surface area contributed by atoms with Gasteiger partial charge in [0.05, 0.1) is 21.7 Å². The first-order valence-corrected chi connectivity index (χ1v) is 13.3. The van der Waals surface area contributed by atoms with E-state index in [0.29, 0.717) is 60.4 Å². The molecule has 0 radical (unpaired) electrons. The van der Waals surface area contributed by atoms with Crippen LogP contribution in [0.5, 0.6) is 0 Å². The molecule has 2 aliphatic rings. The Morgan fingerprint density at radius 1 is 1.03 bits per heavy atom. The monoisotopic (exact) mass is 493 g/mol. The Morgan fingerprint density at radius 3 is 2.46 bits per heavy atom. The van der Waals surface area contributed by atoms with Crippen LogP contribution in [0.2, 0.25) is 0 Å². The molecule has 1 amide bonds. The van der Waals surface area contributed by atoms with Crippen molar-refractivity contribution in [2.45, 2.75) is 44.8 Å². The number of carbonyl (C=O) groups excluding carboxylic acids is 1. The summed E-state index contributed by atoms with van der Waals surface area (Å²) < 4.78 is 0. The molecule has 2 fully saturated rings. The van der Waals surface area contributed by atoms with Crippen molar-refractivity contribution in [2.75, 3.05) is 26.2 Å². The molecule has 1 saturated heterocycles. The number of aromatic nitrogens is 1. The third-order valence-electron chi connectivity index (χ3n) is 7.38. The van der Waals surface area contributed by atoms with Gasteiger partial charge in [-0.05, 0) is 36.3 Å². The van der Waals surface area contributed by atoms with E-state index in [1.165, 1.54) is 6.42 Å². The molecule has 1 atom stereocenters. The minimum absolute atomic E-state index is 0.0735. The fraction of sp³-hybridized carbons (Fsp3) is 0.444. The summed E-state index contributed by atoms with van der Waals surface area (Å²) in [7, 11) is 0.